The molecule has 0 heterocycles. The standard InChI is InChI=1S/C11H18O/c1-12-10-6-5-9-11-7-3-2-4-8-11/h2-3,7H,4-6,8-10H2,1H3. The summed E-state index contributed by atoms with van der Waals surface area (Å²) in [6.07, 6.45) is 12.9. The van der Waals surface area contributed by atoms with Gasteiger partial charge in [0.05, 0.1) is 0 Å². The molecule has 0 aromatic rings. The Bertz CT molecular complexity index is 168. The summed E-state index contributed by atoms with van der Waals surface area (Å²) in [4.78, 5) is 0. The number of rotatable bonds is 5. The van der Waals surface area contributed by atoms with E-state index in [-0.39, 0.29) is 0 Å². The number of hydrogen-bond donors (Lipinski definition) is 0. The van der Waals surface area contributed by atoms with Crippen LogP contribution >= 0.6 is 0 Å². The molecule has 1 aliphatic carbocycles. The molecule has 0 radical (unpaired) electrons. The summed E-state index contributed by atoms with van der Waals surface area (Å²) in [5.74, 6) is 0. The first-order chi connectivity index (χ1) is 5.93. The van der Waals surface area contributed by atoms with E-state index in [1.54, 1.807) is 12.7 Å². The smallest absolute Gasteiger partial charge is 0.0462 e. The highest BCUT2D eigenvalue weighted by Crippen LogP contribution is 2.17. The minimum absolute atomic E-state index is 0.906. The fourth-order valence-corrected chi connectivity index (χ4v) is 1.46. The van der Waals surface area contributed by atoms with Crippen molar-refractivity contribution in [2.75, 3.05) is 13.7 Å². The van der Waals surface area contributed by atoms with E-state index in [2.05, 4.69) is 18.2 Å². The molecule has 0 bridgehead atoms. The van der Waals surface area contributed by atoms with Gasteiger partial charge in [0.2, 0.25) is 0 Å². The first kappa shape index (κ1) is 9.53. The summed E-state index contributed by atoms with van der Waals surface area (Å²) in [7, 11) is 1.77. The van der Waals surface area contributed by atoms with Gasteiger partial charge in [-0.3, -0.25) is 0 Å². The Morgan fingerprint density at radius 2 is 2.33 bits per heavy atom. The third-order valence-corrected chi connectivity index (χ3v) is 2.20. The van der Waals surface area contributed by atoms with E-state index < -0.39 is 0 Å². The summed E-state index contributed by atoms with van der Waals surface area (Å²) in [6, 6.07) is 0. The van der Waals surface area contributed by atoms with Crippen LogP contribution in [0.4, 0.5) is 0 Å². The highest BCUT2D eigenvalue weighted by atomic mass is 16.5. The fraction of sp³-hybridized carbons (Fsp3) is 0.636. The number of allylic oxidation sites excluding steroid dienone is 4. The van der Waals surface area contributed by atoms with Gasteiger partial charge in [-0.05, 0) is 32.1 Å². The summed E-state index contributed by atoms with van der Waals surface area (Å²) >= 11 is 0. The van der Waals surface area contributed by atoms with Gasteiger partial charge < -0.3 is 4.74 Å². The van der Waals surface area contributed by atoms with Gasteiger partial charge in [-0.15, -0.1) is 0 Å². The van der Waals surface area contributed by atoms with Crippen LogP contribution in [0.25, 0.3) is 0 Å². The lowest BCUT2D eigenvalue weighted by atomic mass is 10.00. The number of methoxy groups -OCH3 is 1. The molecule has 1 heteroatoms. The summed E-state index contributed by atoms with van der Waals surface area (Å²) in [5, 5.41) is 0. The Labute approximate surface area is 75.1 Å². The van der Waals surface area contributed by atoms with Crippen molar-refractivity contribution in [2.45, 2.75) is 32.1 Å². The number of hydrogen-bond acceptors (Lipinski definition) is 1. The molecule has 0 aromatic heterocycles. The van der Waals surface area contributed by atoms with Gasteiger partial charge in [0.1, 0.15) is 0 Å². The average molecular weight is 166 g/mol. The van der Waals surface area contributed by atoms with Gasteiger partial charge in [0.25, 0.3) is 0 Å². The lowest BCUT2D eigenvalue weighted by molar-refractivity contribution is 0.193. The molecule has 0 saturated heterocycles. The Morgan fingerprint density at radius 3 is 3.00 bits per heavy atom. The fourth-order valence-electron chi connectivity index (χ4n) is 1.46. The van der Waals surface area contributed by atoms with Crippen LogP contribution in [-0.2, 0) is 4.74 Å². The van der Waals surface area contributed by atoms with Crippen LogP contribution in [0.5, 0.6) is 0 Å². The van der Waals surface area contributed by atoms with Crippen LogP contribution in [0, 0.1) is 0 Å². The predicted octanol–water partition coefficient (Wildman–Crippen LogP) is 3.08. The minimum Gasteiger partial charge on any atom is -0.385 e. The van der Waals surface area contributed by atoms with Gasteiger partial charge in [0.15, 0.2) is 0 Å². The molecular formula is C11H18O. The molecule has 68 valence electrons. The van der Waals surface area contributed by atoms with Gasteiger partial charge in [-0.2, -0.15) is 0 Å². The van der Waals surface area contributed by atoms with Crippen LogP contribution in [0.3, 0.4) is 0 Å². The highest BCUT2D eigenvalue weighted by Gasteiger charge is 1.98. The molecule has 1 aliphatic rings. The molecule has 0 atom stereocenters. The van der Waals surface area contributed by atoms with Gasteiger partial charge in [-0.25, -0.2) is 0 Å². The maximum absolute atomic E-state index is 5.00. The molecule has 0 aliphatic heterocycles. The Morgan fingerprint density at radius 1 is 1.42 bits per heavy atom. The molecule has 1 rings (SSSR count). The van der Waals surface area contributed by atoms with Crippen LogP contribution in [0.2, 0.25) is 0 Å². The molecule has 12 heavy (non-hydrogen) atoms. The predicted molar refractivity (Wildman–Crippen MR) is 52.2 cm³/mol. The maximum atomic E-state index is 5.00. The maximum Gasteiger partial charge on any atom is 0.0462 e. The summed E-state index contributed by atoms with van der Waals surface area (Å²) in [6.45, 7) is 0.906. The zero-order valence-electron chi connectivity index (χ0n) is 7.88. The molecule has 0 fully saturated rings. The molecule has 0 unspecified atom stereocenters. The lowest BCUT2D eigenvalue weighted by Crippen LogP contribution is -1.91. The van der Waals surface area contributed by atoms with Crippen molar-refractivity contribution >= 4 is 0 Å². The lowest BCUT2D eigenvalue weighted by Gasteiger charge is -2.07. The highest BCUT2D eigenvalue weighted by molar-refractivity contribution is 5.17. The van der Waals surface area contributed by atoms with Crippen molar-refractivity contribution in [3.8, 4) is 0 Å². The van der Waals surface area contributed by atoms with Crippen molar-refractivity contribution in [3.63, 3.8) is 0 Å². The zero-order valence-corrected chi connectivity index (χ0v) is 7.88. The number of ether oxygens (including phenoxy) is 1. The van der Waals surface area contributed by atoms with E-state index >= 15 is 0 Å². The largest absolute Gasteiger partial charge is 0.385 e. The summed E-state index contributed by atoms with van der Waals surface area (Å²) in [5.41, 5.74) is 1.61. The quantitative estimate of drug-likeness (QED) is 0.570. The minimum atomic E-state index is 0.906. The molecular weight excluding hydrogens is 148 g/mol. The van der Waals surface area contributed by atoms with E-state index in [9.17, 15) is 0 Å². The van der Waals surface area contributed by atoms with Crippen molar-refractivity contribution in [3.05, 3.63) is 23.8 Å². The van der Waals surface area contributed by atoms with Gasteiger partial charge >= 0.3 is 0 Å². The van der Waals surface area contributed by atoms with E-state index in [0.29, 0.717) is 0 Å². The van der Waals surface area contributed by atoms with Crippen molar-refractivity contribution in [1.82, 2.24) is 0 Å². The zero-order chi connectivity index (χ0) is 8.65. The molecule has 0 spiro atoms. The first-order valence-corrected chi connectivity index (χ1v) is 4.77. The van der Waals surface area contributed by atoms with Crippen LogP contribution < -0.4 is 0 Å². The van der Waals surface area contributed by atoms with Gasteiger partial charge in [-0.1, -0.05) is 23.8 Å². The van der Waals surface area contributed by atoms with Crippen LogP contribution in [0.1, 0.15) is 32.1 Å². The second-order valence-electron chi connectivity index (χ2n) is 3.24. The first-order valence-electron chi connectivity index (χ1n) is 4.77. The second kappa shape index (κ2) is 6.01. The Hall–Kier alpha value is -0.560. The van der Waals surface area contributed by atoms with E-state index in [1.165, 1.54) is 32.1 Å². The molecule has 0 N–H and O–H groups in total. The molecule has 0 aromatic carbocycles. The van der Waals surface area contributed by atoms with Gasteiger partial charge in [0, 0.05) is 13.7 Å². The Balaban J connectivity index is 2.06. The second-order valence-corrected chi connectivity index (χ2v) is 3.24. The van der Waals surface area contributed by atoms with E-state index in [0.717, 1.165) is 6.61 Å². The van der Waals surface area contributed by atoms with Crippen molar-refractivity contribution < 1.29 is 4.74 Å². The van der Waals surface area contributed by atoms with Crippen LogP contribution in [-0.4, -0.2) is 13.7 Å². The normalized spacial score (nSPS) is 16.2. The third kappa shape index (κ3) is 3.72. The van der Waals surface area contributed by atoms with E-state index in [4.69, 9.17) is 4.74 Å². The Kier molecular flexibility index (Phi) is 4.77. The summed E-state index contributed by atoms with van der Waals surface area (Å²) < 4.78 is 5.00. The SMILES string of the molecule is COCCCCC1=CC=CCC1. The molecule has 0 amide bonds. The topological polar surface area (TPSA) is 9.23 Å². The third-order valence-electron chi connectivity index (χ3n) is 2.20. The van der Waals surface area contributed by atoms with Crippen molar-refractivity contribution in [1.29, 1.82) is 0 Å². The monoisotopic (exact) mass is 166 g/mol. The van der Waals surface area contributed by atoms with E-state index in [1.807, 2.05) is 0 Å². The van der Waals surface area contributed by atoms with Crippen molar-refractivity contribution in [2.24, 2.45) is 0 Å². The number of unbranched alkanes of at least 4 members (excludes halogenated alkanes) is 1. The molecule has 1 nitrogen and oxygen atoms in total. The van der Waals surface area contributed by atoms with Crippen LogP contribution in [0.15, 0.2) is 23.8 Å². The average Bonchev–Trinajstić information content (AvgIpc) is 2.14. The molecule has 0 saturated carbocycles.